The minimum atomic E-state index is -0.279. The van der Waals surface area contributed by atoms with Gasteiger partial charge in [-0.3, -0.25) is 0 Å². The number of amides is 1. The van der Waals surface area contributed by atoms with Gasteiger partial charge in [-0.15, -0.1) is 0 Å². The molecule has 3 heterocycles. The van der Waals surface area contributed by atoms with Gasteiger partial charge in [0.25, 0.3) is 0 Å². The van der Waals surface area contributed by atoms with Crippen molar-refractivity contribution in [2.24, 2.45) is 0 Å². The number of nitrogens with zero attached hydrogens (tertiary/aromatic N) is 2. The molecule has 1 fully saturated rings. The Balaban J connectivity index is 1.49. The van der Waals surface area contributed by atoms with Crippen molar-refractivity contribution in [2.45, 2.75) is 31.9 Å². The number of benzene rings is 1. The largest absolute Gasteiger partial charge is 0.445 e. The predicted molar refractivity (Wildman–Crippen MR) is 120 cm³/mol. The van der Waals surface area contributed by atoms with E-state index in [0.29, 0.717) is 24.7 Å². The van der Waals surface area contributed by atoms with Crippen LogP contribution in [0.25, 0.3) is 6.20 Å². The molecular formula is C24H26ClN3O2. The van der Waals surface area contributed by atoms with Crippen LogP contribution in [0.15, 0.2) is 77.6 Å². The number of hydrogen-bond donors (Lipinski definition) is 1. The molecule has 4 rings (SSSR count). The number of halogens is 1. The number of piperidine rings is 1. The van der Waals surface area contributed by atoms with Crippen LogP contribution in [-0.2, 0) is 16.9 Å². The van der Waals surface area contributed by atoms with Crippen molar-refractivity contribution >= 4 is 23.9 Å². The fourth-order valence-corrected chi connectivity index (χ4v) is 4.39. The number of aromatic nitrogens is 1. The first kappa shape index (κ1) is 20.4. The van der Waals surface area contributed by atoms with Gasteiger partial charge >= 0.3 is 6.09 Å². The molecule has 0 radical (unpaired) electrons. The third-order valence-corrected chi connectivity index (χ3v) is 5.88. The number of allylic oxidation sites excluding steroid dienone is 5. The highest BCUT2D eigenvalue weighted by Gasteiger charge is 2.39. The lowest BCUT2D eigenvalue weighted by molar-refractivity contribution is 0.0726. The van der Waals surface area contributed by atoms with E-state index >= 15 is 0 Å². The maximum absolute atomic E-state index is 12.6. The smallest absolute Gasteiger partial charge is 0.410 e. The molecule has 1 aromatic carbocycles. The van der Waals surface area contributed by atoms with Gasteiger partial charge in [-0.05, 0) is 55.7 Å². The van der Waals surface area contributed by atoms with E-state index in [-0.39, 0.29) is 11.6 Å². The maximum Gasteiger partial charge on any atom is 0.410 e. The Morgan fingerprint density at radius 1 is 1.17 bits per heavy atom. The van der Waals surface area contributed by atoms with Gasteiger partial charge in [-0.25, -0.2) is 4.79 Å². The lowest BCUT2D eigenvalue weighted by Crippen LogP contribution is -2.52. The van der Waals surface area contributed by atoms with E-state index in [9.17, 15) is 4.79 Å². The molecule has 0 atom stereocenters. The predicted octanol–water partition coefficient (Wildman–Crippen LogP) is 5.22. The van der Waals surface area contributed by atoms with Gasteiger partial charge in [0.2, 0.25) is 0 Å². The maximum atomic E-state index is 12.6. The van der Waals surface area contributed by atoms with Crippen molar-refractivity contribution in [3.8, 4) is 0 Å². The average Bonchev–Trinajstić information content (AvgIpc) is 3.22. The van der Waals surface area contributed by atoms with Crippen LogP contribution in [0.4, 0.5) is 4.79 Å². The molecular weight excluding hydrogens is 398 g/mol. The summed E-state index contributed by atoms with van der Waals surface area (Å²) in [6.07, 6.45) is 11.1. The lowest BCUT2D eigenvalue weighted by Gasteiger charge is -2.43. The Bertz CT molecular complexity index is 983. The molecule has 2 aromatic rings. The molecule has 0 saturated carbocycles. The molecule has 2 aliphatic heterocycles. The molecule has 2 aliphatic rings. The first-order chi connectivity index (χ1) is 14.6. The molecule has 0 bridgehead atoms. The van der Waals surface area contributed by atoms with E-state index < -0.39 is 0 Å². The second-order valence-corrected chi connectivity index (χ2v) is 8.19. The zero-order valence-electron chi connectivity index (χ0n) is 17.1. The normalized spacial score (nSPS) is 22.7. The van der Waals surface area contributed by atoms with Crippen LogP contribution < -0.4 is 5.32 Å². The van der Waals surface area contributed by atoms with Gasteiger partial charge in [0, 0.05) is 41.9 Å². The van der Waals surface area contributed by atoms with E-state index in [4.69, 9.17) is 16.3 Å². The molecule has 1 aromatic heterocycles. The number of nitrogens with one attached hydrogen (secondary N) is 1. The fraction of sp³-hybridized carbons (Fsp3) is 0.292. The van der Waals surface area contributed by atoms with Crippen LogP contribution in [0.1, 0.15) is 31.0 Å². The van der Waals surface area contributed by atoms with Gasteiger partial charge in [0.15, 0.2) is 0 Å². The summed E-state index contributed by atoms with van der Waals surface area (Å²) in [5, 5.41) is 4.36. The number of likely N-dealkylation sites (tertiary alicyclic amines) is 1. The van der Waals surface area contributed by atoms with Crippen LogP contribution in [0, 0.1) is 0 Å². The third-order valence-electron chi connectivity index (χ3n) is 5.64. The molecule has 1 N–H and O–H groups in total. The summed E-state index contributed by atoms with van der Waals surface area (Å²) in [6.45, 7) is 3.55. The number of hydrogen-bond acceptors (Lipinski definition) is 3. The van der Waals surface area contributed by atoms with Gasteiger partial charge in [0.05, 0.1) is 5.54 Å². The average molecular weight is 424 g/mol. The molecule has 5 nitrogen and oxygen atoms in total. The molecule has 156 valence electrons. The first-order valence-electron chi connectivity index (χ1n) is 10.2. The number of ether oxygens (including phenoxy) is 1. The summed E-state index contributed by atoms with van der Waals surface area (Å²) < 4.78 is 7.65. The zero-order valence-corrected chi connectivity index (χ0v) is 17.8. The minimum Gasteiger partial charge on any atom is -0.445 e. The summed E-state index contributed by atoms with van der Waals surface area (Å²) in [5.41, 5.74) is 2.89. The van der Waals surface area contributed by atoms with Crippen LogP contribution >= 0.6 is 11.6 Å². The second kappa shape index (κ2) is 8.84. The molecule has 6 heteroatoms. The fourth-order valence-electron chi connectivity index (χ4n) is 4.15. The van der Waals surface area contributed by atoms with Crippen LogP contribution in [0.5, 0.6) is 0 Å². The summed E-state index contributed by atoms with van der Waals surface area (Å²) in [5.74, 6) is 0. The molecule has 0 unspecified atom stereocenters. The van der Waals surface area contributed by atoms with E-state index in [1.54, 1.807) is 4.90 Å². The van der Waals surface area contributed by atoms with Gasteiger partial charge in [-0.1, -0.05) is 41.9 Å². The number of carbonyl (C=O) groups excluding carboxylic acids is 1. The Labute approximate surface area is 182 Å². The zero-order chi connectivity index (χ0) is 21.0. The monoisotopic (exact) mass is 423 g/mol. The van der Waals surface area contributed by atoms with Crippen molar-refractivity contribution < 1.29 is 9.53 Å². The highest BCUT2D eigenvalue weighted by atomic mass is 35.5. The molecule has 30 heavy (non-hydrogen) atoms. The van der Waals surface area contributed by atoms with Crippen molar-refractivity contribution in [3.05, 3.63) is 88.9 Å². The van der Waals surface area contributed by atoms with Crippen molar-refractivity contribution in [1.29, 1.82) is 0 Å². The Kier molecular flexibility index (Phi) is 6.00. The molecule has 0 aliphatic carbocycles. The van der Waals surface area contributed by atoms with E-state index in [2.05, 4.69) is 16.0 Å². The summed E-state index contributed by atoms with van der Waals surface area (Å²) >= 11 is 6.31. The highest BCUT2D eigenvalue weighted by Crippen LogP contribution is 2.35. The minimum absolute atomic E-state index is 0.262. The first-order valence-corrected chi connectivity index (χ1v) is 10.6. The number of rotatable bonds is 2. The standard InChI is InChI=1S/C24H26ClN3O2/c1-19-17-21(25)9-5-13-27-14-6-10-22(27)24(26-19)11-15-28(16-12-24)23(29)30-18-20-7-3-2-4-8-20/h2-10,13-14,17,26H,11-12,15-16,18H2,1H3/b13-5+,19-17+,21-9+. The van der Waals surface area contributed by atoms with E-state index in [0.717, 1.165) is 24.1 Å². The Morgan fingerprint density at radius 2 is 1.93 bits per heavy atom. The quantitative estimate of drug-likeness (QED) is 0.720. The van der Waals surface area contributed by atoms with Crippen molar-refractivity contribution in [3.63, 3.8) is 0 Å². The number of fused-ring (bicyclic) bond motifs is 2. The van der Waals surface area contributed by atoms with E-state index in [1.807, 2.05) is 73.9 Å². The van der Waals surface area contributed by atoms with Gasteiger partial charge in [0.1, 0.15) is 6.61 Å². The van der Waals surface area contributed by atoms with Gasteiger partial charge in [-0.2, -0.15) is 0 Å². The summed E-state index contributed by atoms with van der Waals surface area (Å²) in [6, 6.07) is 13.9. The Morgan fingerprint density at radius 3 is 2.70 bits per heavy atom. The van der Waals surface area contributed by atoms with Crippen molar-refractivity contribution in [1.82, 2.24) is 14.8 Å². The van der Waals surface area contributed by atoms with Crippen molar-refractivity contribution in [2.75, 3.05) is 13.1 Å². The second-order valence-electron chi connectivity index (χ2n) is 7.76. The lowest BCUT2D eigenvalue weighted by atomic mass is 9.83. The van der Waals surface area contributed by atoms with Crippen LogP contribution in [0.2, 0.25) is 0 Å². The summed E-state index contributed by atoms with van der Waals surface area (Å²) in [4.78, 5) is 14.4. The third kappa shape index (κ3) is 4.46. The van der Waals surface area contributed by atoms with E-state index in [1.165, 1.54) is 5.69 Å². The summed E-state index contributed by atoms with van der Waals surface area (Å²) in [7, 11) is 0. The topological polar surface area (TPSA) is 46.5 Å². The molecule has 1 spiro atoms. The molecule has 1 saturated heterocycles. The van der Waals surface area contributed by atoms with Crippen LogP contribution in [0.3, 0.4) is 0 Å². The Hall–Kier alpha value is -2.92. The highest BCUT2D eigenvalue weighted by molar-refractivity contribution is 6.31. The molecule has 1 amide bonds. The van der Waals surface area contributed by atoms with Crippen LogP contribution in [-0.4, -0.2) is 28.6 Å². The SMILES string of the molecule is C\C1=C/C(Cl)=C\C=C\n2cccc2C2(CCN(C(=O)OCc3ccccc3)CC2)N1. The van der Waals surface area contributed by atoms with Gasteiger partial charge < -0.3 is 19.5 Å². The number of carbonyl (C=O) groups is 1.